The summed E-state index contributed by atoms with van der Waals surface area (Å²) in [6, 6.07) is 19.8. The van der Waals surface area contributed by atoms with Gasteiger partial charge in [-0.15, -0.1) is 0 Å². The first-order chi connectivity index (χ1) is 17.3. The summed E-state index contributed by atoms with van der Waals surface area (Å²) in [6.07, 6.45) is 0.901. The molecule has 3 aromatic rings. The summed E-state index contributed by atoms with van der Waals surface area (Å²) in [5.41, 5.74) is 2.97. The number of ether oxygens (including phenoxy) is 1. The maximum absolute atomic E-state index is 13.0. The molecular weight excluding hydrogens is 482 g/mol. The number of imide groups is 1. The Kier molecular flexibility index (Phi) is 7.17. The van der Waals surface area contributed by atoms with E-state index in [1.54, 1.807) is 24.3 Å². The molecule has 1 aliphatic heterocycles. The average molecular weight is 504 g/mol. The first-order valence-electron chi connectivity index (χ1n) is 11.1. The number of carbonyl (C=O) groups excluding carboxylic acids is 4. The maximum Gasteiger partial charge on any atom is 0.337 e. The number of aryl methyl sites for hydroxylation is 1. The zero-order valence-corrected chi connectivity index (χ0v) is 20.3. The Morgan fingerprint density at radius 2 is 1.58 bits per heavy atom. The predicted octanol–water partition coefficient (Wildman–Crippen LogP) is 4.72. The number of methoxy groups -OCH3 is 1. The zero-order chi connectivity index (χ0) is 25.8. The van der Waals surface area contributed by atoms with E-state index in [9.17, 15) is 19.2 Å². The maximum atomic E-state index is 13.0. The van der Waals surface area contributed by atoms with Crippen molar-refractivity contribution in [3.63, 3.8) is 0 Å². The molecule has 3 aromatic carbocycles. The van der Waals surface area contributed by atoms with Crippen LogP contribution >= 0.6 is 11.6 Å². The SMILES string of the molecule is CCc1ccc(NC(=O)c2cccc(NC3=C(Cl)C(=O)N(c4ccc(C(=O)OC)cc4)C3=O)c2)cc1. The normalized spacial score (nSPS) is 13.1. The summed E-state index contributed by atoms with van der Waals surface area (Å²) >= 11 is 6.21. The standard InChI is InChI=1S/C27H22ClN3O5/c1-3-16-7-11-19(12-8-16)30-24(32)18-5-4-6-20(15-18)29-23-22(28)25(33)31(26(23)34)21-13-9-17(10-14-21)27(35)36-2/h4-15,29H,3H2,1-2H3,(H,30,32). The van der Waals surface area contributed by atoms with Gasteiger partial charge in [0.1, 0.15) is 10.7 Å². The van der Waals surface area contributed by atoms with Crippen LogP contribution in [0.5, 0.6) is 0 Å². The van der Waals surface area contributed by atoms with Crippen LogP contribution in [0.3, 0.4) is 0 Å². The molecule has 0 unspecified atom stereocenters. The fourth-order valence-electron chi connectivity index (χ4n) is 3.62. The van der Waals surface area contributed by atoms with Crippen LogP contribution in [0.4, 0.5) is 17.1 Å². The van der Waals surface area contributed by atoms with Crippen LogP contribution < -0.4 is 15.5 Å². The Morgan fingerprint density at radius 3 is 2.22 bits per heavy atom. The Hall–Kier alpha value is -4.43. The monoisotopic (exact) mass is 503 g/mol. The van der Waals surface area contributed by atoms with Crippen LogP contribution in [0.2, 0.25) is 0 Å². The van der Waals surface area contributed by atoms with E-state index < -0.39 is 17.8 Å². The molecule has 3 amide bonds. The molecule has 0 bridgehead atoms. The highest BCUT2D eigenvalue weighted by Gasteiger charge is 2.39. The fraction of sp³-hybridized carbons (Fsp3) is 0.111. The van der Waals surface area contributed by atoms with Gasteiger partial charge in [-0.25, -0.2) is 9.69 Å². The predicted molar refractivity (Wildman–Crippen MR) is 137 cm³/mol. The van der Waals surface area contributed by atoms with Crippen molar-refractivity contribution in [2.75, 3.05) is 22.6 Å². The van der Waals surface area contributed by atoms with E-state index in [0.717, 1.165) is 16.9 Å². The molecule has 0 aromatic heterocycles. The molecule has 0 saturated heterocycles. The number of esters is 1. The summed E-state index contributed by atoms with van der Waals surface area (Å²) in [5.74, 6) is -2.24. The summed E-state index contributed by atoms with van der Waals surface area (Å²) in [5, 5.41) is 5.41. The van der Waals surface area contributed by atoms with E-state index in [0.29, 0.717) is 16.9 Å². The van der Waals surface area contributed by atoms with Gasteiger partial charge in [-0.2, -0.15) is 0 Å². The van der Waals surface area contributed by atoms with E-state index in [-0.39, 0.29) is 27.9 Å². The minimum absolute atomic E-state index is 0.119. The summed E-state index contributed by atoms with van der Waals surface area (Å²) in [7, 11) is 1.26. The molecule has 1 heterocycles. The van der Waals surface area contributed by atoms with E-state index in [1.165, 1.54) is 31.4 Å². The van der Waals surface area contributed by atoms with Crippen LogP contribution in [0, 0.1) is 0 Å². The highest BCUT2D eigenvalue weighted by molar-refractivity contribution is 6.53. The molecule has 0 atom stereocenters. The molecule has 8 nitrogen and oxygen atoms in total. The van der Waals surface area contributed by atoms with Gasteiger partial charge in [0.25, 0.3) is 17.7 Å². The lowest BCUT2D eigenvalue weighted by Gasteiger charge is -2.15. The van der Waals surface area contributed by atoms with Crippen LogP contribution in [0.1, 0.15) is 33.2 Å². The second kappa shape index (κ2) is 10.5. The van der Waals surface area contributed by atoms with E-state index in [2.05, 4.69) is 22.3 Å². The Morgan fingerprint density at radius 1 is 0.889 bits per heavy atom. The molecule has 0 aliphatic carbocycles. The number of rotatable bonds is 7. The van der Waals surface area contributed by atoms with Gasteiger partial charge < -0.3 is 15.4 Å². The molecule has 4 rings (SSSR count). The molecule has 1 aliphatic rings. The second-order valence-corrected chi connectivity index (χ2v) is 8.26. The van der Waals surface area contributed by atoms with Crippen molar-refractivity contribution in [1.82, 2.24) is 0 Å². The Labute approximate surface area is 212 Å². The number of nitrogens with zero attached hydrogens (tertiary/aromatic N) is 1. The summed E-state index contributed by atoms with van der Waals surface area (Å²) in [6.45, 7) is 2.05. The Bertz CT molecular complexity index is 1380. The Balaban J connectivity index is 1.50. The number of halogens is 1. The molecule has 0 fully saturated rings. The van der Waals surface area contributed by atoms with Crippen molar-refractivity contribution in [3.05, 3.63) is 100 Å². The van der Waals surface area contributed by atoms with Crippen molar-refractivity contribution in [2.24, 2.45) is 0 Å². The van der Waals surface area contributed by atoms with Gasteiger partial charge in [-0.1, -0.05) is 36.7 Å². The first kappa shape index (κ1) is 24.7. The second-order valence-electron chi connectivity index (χ2n) is 7.88. The molecule has 36 heavy (non-hydrogen) atoms. The largest absolute Gasteiger partial charge is 0.465 e. The smallest absolute Gasteiger partial charge is 0.337 e. The average Bonchev–Trinajstić information content (AvgIpc) is 3.11. The number of benzene rings is 3. The molecule has 0 radical (unpaired) electrons. The molecule has 9 heteroatoms. The highest BCUT2D eigenvalue weighted by atomic mass is 35.5. The number of hydrogen-bond acceptors (Lipinski definition) is 6. The quantitative estimate of drug-likeness (QED) is 0.357. The van der Waals surface area contributed by atoms with Crippen LogP contribution in [0.25, 0.3) is 0 Å². The van der Waals surface area contributed by atoms with Crippen molar-refractivity contribution < 1.29 is 23.9 Å². The van der Waals surface area contributed by atoms with E-state index in [1.807, 2.05) is 24.3 Å². The third-order valence-corrected chi connectivity index (χ3v) is 5.94. The fourth-order valence-corrected chi connectivity index (χ4v) is 3.83. The zero-order valence-electron chi connectivity index (χ0n) is 19.5. The van der Waals surface area contributed by atoms with Crippen LogP contribution in [0.15, 0.2) is 83.5 Å². The van der Waals surface area contributed by atoms with Gasteiger partial charge in [-0.3, -0.25) is 14.4 Å². The number of amides is 3. The van der Waals surface area contributed by atoms with Crippen molar-refractivity contribution >= 4 is 52.4 Å². The third-order valence-electron chi connectivity index (χ3n) is 5.59. The third kappa shape index (κ3) is 4.99. The van der Waals surface area contributed by atoms with Crippen molar-refractivity contribution in [1.29, 1.82) is 0 Å². The molecule has 182 valence electrons. The van der Waals surface area contributed by atoms with Gasteiger partial charge in [0.05, 0.1) is 18.4 Å². The molecule has 0 saturated carbocycles. The van der Waals surface area contributed by atoms with Crippen molar-refractivity contribution in [3.8, 4) is 0 Å². The molecule has 2 N–H and O–H groups in total. The number of anilines is 3. The van der Waals surface area contributed by atoms with Crippen LogP contribution in [-0.2, 0) is 20.7 Å². The number of carbonyl (C=O) groups is 4. The highest BCUT2D eigenvalue weighted by Crippen LogP contribution is 2.30. The lowest BCUT2D eigenvalue weighted by atomic mass is 10.1. The minimum atomic E-state index is -0.709. The topological polar surface area (TPSA) is 105 Å². The van der Waals surface area contributed by atoms with Gasteiger partial charge >= 0.3 is 5.97 Å². The summed E-state index contributed by atoms with van der Waals surface area (Å²) < 4.78 is 4.66. The lowest BCUT2D eigenvalue weighted by Crippen LogP contribution is -2.32. The van der Waals surface area contributed by atoms with E-state index >= 15 is 0 Å². The number of hydrogen-bond donors (Lipinski definition) is 2. The number of nitrogens with one attached hydrogen (secondary N) is 2. The van der Waals surface area contributed by atoms with E-state index in [4.69, 9.17) is 11.6 Å². The van der Waals surface area contributed by atoms with Gasteiger partial charge in [0.15, 0.2) is 0 Å². The lowest BCUT2D eigenvalue weighted by molar-refractivity contribution is -0.120. The van der Waals surface area contributed by atoms with Gasteiger partial charge in [0.2, 0.25) is 0 Å². The first-order valence-corrected chi connectivity index (χ1v) is 11.4. The molecular formula is C27H22ClN3O5. The minimum Gasteiger partial charge on any atom is -0.465 e. The molecule has 0 spiro atoms. The van der Waals surface area contributed by atoms with Gasteiger partial charge in [-0.05, 0) is 66.6 Å². The van der Waals surface area contributed by atoms with Crippen LogP contribution in [-0.4, -0.2) is 30.8 Å². The van der Waals surface area contributed by atoms with Crippen molar-refractivity contribution in [2.45, 2.75) is 13.3 Å². The van der Waals surface area contributed by atoms with Gasteiger partial charge in [0, 0.05) is 16.9 Å². The summed E-state index contributed by atoms with van der Waals surface area (Å²) in [4.78, 5) is 51.1.